The third kappa shape index (κ3) is 5.81. The topological polar surface area (TPSA) is 70.6 Å². The fourth-order valence-corrected chi connectivity index (χ4v) is 2.59. The Morgan fingerprint density at radius 2 is 1.78 bits per heavy atom. The van der Waals surface area contributed by atoms with Crippen molar-refractivity contribution in [3.8, 4) is 0 Å². The summed E-state index contributed by atoms with van der Waals surface area (Å²) in [6, 6.07) is 5.75. The Morgan fingerprint density at radius 3 is 2.41 bits per heavy atom. The molecular formula is C18H18F3IN2O3. The normalized spacial score (nSPS) is 11.4. The summed E-state index contributed by atoms with van der Waals surface area (Å²) < 4.78 is 42.0. The summed E-state index contributed by atoms with van der Waals surface area (Å²) in [5.41, 5.74) is 0.866. The molecule has 146 valence electrons. The Hall–Kier alpha value is -1.85. The summed E-state index contributed by atoms with van der Waals surface area (Å²) in [5, 5.41) is 11.6. The molecule has 0 aliphatic rings. The van der Waals surface area contributed by atoms with E-state index in [4.69, 9.17) is 9.94 Å². The van der Waals surface area contributed by atoms with Crippen molar-refractivity contribution in [2.75, 3.05) is 11.9 Å². The SMILES string of the molecule is CC(C)(CCO)ONC(=O)c1cc(F)c(F)cc1Nc1ccc(I)cc1F. The molecule has 0 saturated heterocycles. The average molecular weight is 494 g/mol. The molecule has 0 saturated carbocycles. The molecule has 0 aromatic heterocycles. The molecule has 0 bridgehead atoms. The molecule has 2 aromatic rings. The maximum atomic E-state index is 14.1. The van der Waals surface area contributed by atoms with Gasteiger partial charge in [-0.15, -0.1) is 0 Å². The van der Waals surface area contributed by atoms with Crippen molar-refractivity contribution in [1.82, 2.24) is 5.48 Å². The van der Waals surface area contributed by atoms with Gasteiger partial charge in [-0.3, -0.25) is 9.63 Å². The number of nitrogens with one attached hydrogen (secondary N) is 2. The number of rotatable bonds is 7. The molecular weight excluding hydrogens is 476 g/mol. The maximum absolute atomic E-state index is 14.1. The van der Waals surface area contributed by atoms with Crippen LogP contribution >= 0.6 is 22.6 Å². The van der Waals surface area contributed by atoms with Crippen LogP contribution < -0.4 is 10.8 Å². The Bertz CT molecular complexity index is 847. The molecule has 9 heteroatoms. The second-order valence-corrected chi connectivity index (χ2v) is 7.57. The van der Waals surface area contributed by atoms with E-state index in [1.165, 1.54) is 12.1 Å². The van der Waals surface area contributed by atoms with Crippen molar-refractivity contribution >= 4 is 39.9 Å². The lowest BCUT2D eigenvalue weighted by atomic mass is 10.1. The van der Waals surface area contributed by atoms with E-state index >= 15 is 0 Å². The summed E-state index contributed by atoms with van der Waals surface area (Å²) in [4.78, 5) is 17.6. The average Bonchev–Trinajstić information content (AvgIpc) is 2.58. The van der Waals surface area contributed by atoms with Crippen molar-refractivity contribution in [1.29, 1.82) is 0 Å². The van der Waals surface area contributed by atoms with E-state index in [1.807, 2.05) is 22.6 Å². The van der Waals surface area contributed by atoms with Crippen LogP contribution in [0, 0.1) is 21.0 Å². The fourth-order valence-electron chi connectivity index (χ4n) is 2.13. The van der Waals surface area contributed by atoms with Gasteiger partial charge in [0, 0.05) is 22.7 Å². The monoisotopic (exact) mass is 494 g/mol. The second-order valence-electron chi connectivity index (χ2n) is 6.33. The number of hydroxylamine groups is 1. The van der Waals surface area contributed by atoms with Gasteiger partial charge in [0.25, 0.3) is 5.91 Å². The third-order valence-corrected chi connectivity index (χ3v) is 4.31. The number of hydrogen-bond acceptors (Lipinski definition) is 4. The highest BCUT2D eigenvalue weighted by atomic mass is 127. The van der Waals surface area contributed by atoms with Crippen LogP contribution in [0.4, 0.5) is 24.5 Å². The van der Waals surface area contributed by atoms with Crippen LogP contribution in [0.5, 0.6) is 0 Å². The Morgan fingerprint density at radius 1 is 1.11 bits per heavy atom. The van der Waals surface area contributed by atoms with Gasteiger partial charge in [-0.1, -0.05) is 0 Å². The first-order valence-electron chi connectivity index (χ1n) is 7.93. The standard InChI is InChI=1S/C18H18F3IN2O3/c1-18(2,5-6-25)27-24-17(26)11-8-12(19)13(20)9-16(11)23-15-4-3-10(22)7-14(15)21/h3-4,7-9,23,25H,5-6H2,1-2H3,(H,24,26). The molecule has 0 radical (unpaired) electrons. The van der Waals surface area contributed by atoms with E-state index in [1.54, 1.807) is 19.9 Å². The van der Waals surface area contributed by atoms with Gasteiger partial charge in [0.2, 0.25) is 0 Å². The van der Waals surface area contributed by atoms with Gasteiger partial charge in [0.1, 0.15) is 5.82 Å². The molecule has 2 rings (SSSR count). The van der Waals surface area contributed by atoms with E-state index in [0.717, 1.165) is 6.07 Å². The molecule has 27 heavy (non-hydrogen) atoms. The summed E-state index contributed by atoms with van der Waals surface area (Å²) in [6.07, 6.45) is 0.240. The first-order chi connectivity index (χ1) is 12.6. The van der Waals surface area contributed by atoms with Gasteiger partial charge < -0.3 is 10.4 Å². The summed E-state index contributed by atoms with van der Waals surface area (Å²) in [7, 11) is 0. The Kier molecular flexibility index (Phi) is 7.06. The summed E-state index contributed by atoms with van der Waals surface area (Å²) in [5.74, 6) is -3.89. The Labute approximate surface area is 168 Å². The first-order valence-corrected chi connectivity index (χ1v) is 9.01. The van der Waals surface area contributed by atoms with Gasteiger partial charge in [0.15, 0.2) is 11.6 Å². The minimum atomic E-state index is -1.23. The van der Waals surface area contributed by atoms with Crippen LogP contribution in [-0.2, 0) is 4.84 Å². The lowest BCUT2D eigenvalue weighted by molar-refractivity contribution is -0.0805. The zero-order valence-electron chi connectivity index (χ0n) is 14.6. The maximum Gasteiger partial charge on any atom is 0.277 e. The first kappa shape index (κ1) is 21.5. The minimum Gasteiger partial charge on any atom is -0.396 e. The highest BCUT2D eigenvalue weighted by Crippen LogP contribution is 2.27. The van der Waals surface area contributed by atoms with Crippen molar-refractivity contribution in [2.45, 2.75) is 25.9 Å². The lowest BCUT2D eigenvalue weighted by Gasteiger charge is -2.24. The molecule has 0 spiro atoms. The lowest BCUT2D eigenvalue weighted by Crippen LogP contribution is -2.36. The zero-order valence-corrected chi connectivity index (χ0v) is 16.7. The predicted octanol–water partition coefficient (Wildman–Crippen LogP) is 4.27. The largest absolute Gasteiger partial charge is 0.396 e. The van der Waals surface area contributed by atoms with E-state index in [0.29, 0.717) is 9.64 Å². The van der Waals surface area contributed by atoms with Crippen LogP contribution in [0.3, 0.4) is 0 Å². The van der Waals surface area contributed by atoms with Crippen molar-refractivity contribution in [3.63, 3.8) is 0 Å². The molecule has 1 amide bonds. The second kappa shape index (κ2) is 8.89. The number of halogens is 4. The summed E-state index contributed by atoms with van der Waals surface area (Å²) >= 11 is 1.93. The number of benzene rings is 2. The number of aliphatic hydroxyl groups excluding tert-OH is 1. The third-order valence-electron chi connectivity index (χ3n) is 3.64. The quantitative estimate of drug-likeness (QED) is 0.397. The van der Waals surface area contributed by atoms with Gasteiger partial charge in [0.05, 0.1) is 22.5 Å². The number of carbonyl (C=O) groups is 1. The molecule has 5 nitrogen and oxygen atoms in total. The van der Waals surface area contributed by atoms with Gasteiger partial charge in [-0.25, -0.2) is 18.7 Å². The molecule has 3 N–H and O–H groups in total. The molecule has 2 aromatic carbocycles. The summed E-state index contributed by atoms with van der Waals surface area (Å²) in [6.45, 7) is 3.11. The van der Waals surface area contributed by atoms with Crippen LogP contribution in [-0.4, -0.2) is 23.2 Å². The van der Waals surface area contributed by atoms with E-state index in [2.05, 4.69) is 10.8 Å². The van der Waals surface area contributed by atoms with Crippen LogP contribution in [0.15, 0.2) is 30.3 Å². The smallest absolute Gasteiger partial charge is 0.277 e. The number of amides is 1. The van der Waals surface area contributed by atoms with Crippen LogP contribution in [0.1, 0.15) is 30.6 Å². The highest BCUT2D eigenvalue weighted by molar-refractivity contribution is 14.1. The number of anilines is 2. The van der Waals surface area contributed by atoms with Crippen molar-refractivity contribution in [2.24, 2.45) is 0 Å². The molecule has 0 aliphatic heterocycles. The molecule has 0 aliphatic carbocycles. The van der Waals surface area contributed by atoms with Crippen LogP contribution in [0.2, 0.25) is 0 Å². The van der Waals surface area contributed by atoms with Crippen molar-refractivity contribution < 1.29 is 27.9 Å². The number of aliphatic hydroxyl groups is 1. The van der Waals surface area contributed by atoms with E-state index in [-0.39, 0.29) is 30.0 Å². The van der Waals surface area contributed by atoms with Gasteiger partial charge in [-0.05, 0) is 60.7 Å². The van der Waals surface area contributed by atoms with E-state index in [9.17, 15) is 18.0 Å². The molecule has 0 heterocycles. The fraction of sp³-hybridized carbons (Fsp3) is 0.278. The predicted molar refractivity (Wildman–Crippen MR) is 103 cm³/mol. The minimum absolute atomic E-state index is 0.00278. The zero-order chi connectivity index (χ0) is 20.2. The van der Waals surface area contributed by atoms with Gasteiger partial charge in [-0.2, -0.15) is 0 Å². The van der Waals surface area contributed by atoms with Gasteiger partial charge >= 0.3 is 0 Å². The molecule has 0 unspecified atom stereocenters. The Balaban J connectivity index is 2.30. The molecule has 0 fully saturated rings. The number of carbonyl (C=O) groups excluding carboxylic acids is 1. The molecule has 0 atom stereocenters. The van der Waals surface area contributed by atoms with Crippen molar-refractivity contribution in [3.05, 3.63) is 56.9 Å². The van der Waals surface area contributed by atoms with E-state index < -0.39 is 29.0 Å². The number of hydrogen-bond donors (Lipinski definition) is 3. The highest BCUT2D eigenvalue weighted by Gasteiger charge is 2.22. The van der Waals surface area contributed by atoms with Crippen LogP contribution in [0.25, 0.3) is 0 Å².